The molecule has 22 heavy (non-hydrogen) atoms. The first-order valence-electron chi connectivity index (χ1n) is 7.36. The standard InChI is InChI=1S/C18H18BrNO2/c1-22-17-8-4-13(5-9-17)15-10-11-20(12-15)18(21)14-2-6-16(19)7-3-14/h2-9,15H,10-12H2,1H3. The van der Waals surface area contributed by atoms with Crippen LogP contribution in [0.3, 0.4) is 0 Å². The first-order valence-corrected chi connectivity index (χ1v) is 8.15. The zero-order valence-electron chi connectivity index (χ0n) is 12.5. The maximum atomic E-state index is 12.5. The van der Waals surface area contributed by atoms with E-state index in [1.165, 1.54) is 5.56 Å². The zero-order chi connectivity index (χ0) is 15.5. The van der Waals surface area contributed by atoms with Gasteiger partial charge in [0.05, 0.1) is 7.11 Å². The first-order chi connectivity index (χ1) is 10.7. The van der Waals surface area contributed by atoms with Crippen molar-refractivity contribution >= 4 is 21.8 Å². The lowest BCUT2D eigenvalue weighted by molar-refractivity contribution is 0.0791. The maximum Gasteiger partial charge on any atom is 0.253 e. The summed E-state index contributed by atoms with van der Waals surface area (Å²) >= 11 is 3.39. The van der Waals surface area contributed by atoms with Crippen LogP contribution in [0.15, 0.2) is 53.0 Å². The molecule has 0 aromatic heterocycles. The van der Waals surface area contributed by atoms with Crippen molar-refractivity contribution in [3.63, 3.8) is 0 Å². The van der Waals surface area contributed by atoms with Gasteiger partial charge in [-0.15, -0.1) is 0 Å². The summed E-state index contributed by atoms with van der Waals surface area (Å²) in [5.74, 6) is 1.39. The summed E-state index contributed by atoms with van der Waals surface area (Å²) in [6, 6.07) is 15.7. The fraction of sp³-hybridized carbons (Fsp3) is 0.278. The Morgan fingerprint density at radius 1 is 1.14 bits per heavy atom. The SMILES string of the molecule is COc1ccc(C2CCN(C(=O)c3ccc(Br)cc3)C2)cc1. The third-order valence-electron chi connectivity index (χ3n) is 4.15. The summed E-state index contributed by atoms with van der Waals surface area (Å²) in [6.07, 6.45) is 1.01. The van der Waals surface area contributed by atoms with Crippen molar-refractivity contribution < 1.29 is 9.53 Å². The van der Waals surface area contributed by atoms with Gasteiger partial charge >= 0.3 is 0 Å². The average Bonchev–Trinajstić information content (AvgIpc) is 3.05. The molecule has 1 amide bonds. The second kappa shape index (κ2) is 6.53. The summed E-state index contributed by atoms with van der Waals surface area (Å²) in [5, 5.41) is 0. The molecular weight excluding hydrogens is 342 g/mol. The van der Waals surface area contributed by atoms with Gasteiger partial charge < -0.3 is 9.64 Å². The Bertz CT molecular complexity index is 652. The number of hydrogen-bond acceptors (Lipinski definition) is 2. The fourth-order valence-corrected chi connectivity index (χ4v) is 3.13. The number of amides is 1. The molecule has 0 bridgehead atoms. The number of carbonyl (C=O) groups is 1. The van der Waals surface area contributed by atoms with E-state index in [1.807, 2.05) is 41.3 Å². The largest absolute Gasteiger partial charge is 0.497 e. The number of methoxy groups -OCH3 is 1. The molecule has 2 aromatic rings. The molecule has 1 saturated heterocycles. The second-order valence-corrected chi connectivity index (χ2v) is 6.43. The zero-order valence-corrected chi connectivity index (χ0v) is 14.0. The molecule has 4 heteroatoms. The Morgan fingerprint density at radius 3 is 2.45 bits per heavy atom. The number of benzene rings is 2. The van der Waals surface area contributed by atoms with Crippen molar-refractivity contribution in [2.75, 3.05) is 20.2 Å². The minimum absolute atomic E-state index is 0.114. The molecule has 114 valence electrons. The summed E-state index contributed by atoms with van der Waals surface area (Å²) in [5.41, 5.74) is 2.02. The van der Waals surface area contributed by atoms with E-state index in [-0.39, 0.29) is 5.91 Å². The minimum atomic E-state index is 0.114. The van der Waals surface area contributed by atoms with Crippen molar-refractivity contribution in [2.24, 2.45) is 0 Å². The number of carbonyl (C=O) groups excluding carboxylic acids is 1. The summed E-state index contributed by atoms with van der Waals surface area (Å²) in [4.78, 5) is 14.5. The highest BCUT2D eigenvalue weighted by Gasteiger charge is 2.27. The molecule has 0 N–H and O–H groups in total. The Labute approximate surface area is 139 Å². The van der Waals surface area contributed by atoms with E-state index in [9.17, 15) is 4.79 Å². The predicted octanol–water partition coefficient (Wildman–Crippen LogP) is 4.09. The van der Waals surface area contributed by atoms with E-state index in [0.29, 0.717) is 5.92 Å². The van der Waals surface area contributed by atoms with E-state index in [2.05, 4.69) is 28.1 Å². The normalized spacial score (nSPS) is 17.5. The van der Waals surface area contributed by atoms with Gasteiger partial charge in [0.25, 0.3) is 5.91 Å². The fourth-order valence-electron chi connectivity index (χ4n) is 2.87. The molecule has 1 atom stereocenters. The molecule has 1 fully saturated rings. The van der Waals surface area contributed by atoms with E-state index < -0.39 is 0 Å². The molecule has 1 aliphatic heterocycles. The molecule has 1 heterocycles. The van der Waals surface area contributed by atoms with Gasteiger partial charge in [0.15, 0.2) is 0 Å². The van der Waals surface area contributed by atoms with E-state index >= 15 is 0 Å². The lowest BCUT2D eigenvalue weighted by Gasteiger charge is -2.17. The average molecular weight is 360 g/mol. The number of halogens is 1. The number of likely N-dealkylation sites (tertiary alicyclic amines) is 1. The quantitative estimate of drug-likeness (QED) is 0.825. The molecule has 0 radical (unpaired) electrons. The molecule has 1 aliphatic rings. The lowest BCUT2D eigenvalue weighted by atomic mass is 9.98. The van der Waals surface area contributed by atoms with E-state index in [0.717, 1.165) is 35.3 Å². The predicted molar refractivity (Wildman–Crippen MR) is 90.4 cm³/mol. The molecule has 3 rings (SSSR count). The number of rotatable bonds is 3. The van der Waals surface area contributed by atoms with Crippen molar-refractivity contribution in [3.8, 4) is 5.75 Å². The van der Waals surface area contributed by atoms with E-state index in [4.69, 9.17) is 4.74 Å². The Morgan fingerprint density at radius 2 is 1.82 bits per heavy atom. The van der Waals surface area contributed by atoms with Gasteiger partial charge in [-0.1, -0.05) is 28.1 Å². The maximum absolute atomic E-state index is 12.5. The molecule has 1 unspecified atom stereocenters. The number of hydrogen-bond donors (Lipinski definition) is 0. The van der Waals surface area contributed by atoms with Crippen LogP contribution < -0.4 is 4.74 Å². The third kappa shape index (κ3) is 3.17. The van der Waals surface area contributed by atoms with Crippen molar-refractivity contribution in [1.82, 2.24) is 4.90 Å². The van der Waals surface area contributed by atoms with Gasteiger partial charge in [-0.2, -0.15) is 0 Å². The minimum Gasteiger partial charge on any atom is -0.497 e. The van der Waals surface area contributed by atoms with Crippen LogP contribution in [0.5, 0.6) is 5.75 Å². The van der Waals surface area contributed by atoms with Gasteiger partial charge in [0.1, 0.15) is 5.75 Å². The monoisotopic (exact) mass is 359 g/mol. The lowest BCUT2D eigenvalue weighted by Crippen LogP contribution is -2.28. The van der Waals surface area contributed by atoms with Gasteiger partial charge in [0, 0.05) is 29.0 Å². The highest BCUT2D eigenvalue weighted by molar-refractivity contribution is 9.10. The molecule has 2 aromatic carbocycles. The van der Waals surface area contributed by atoms with Gasteiger partial charge in [0.2, 0.25) is 0 Å². The molecular formula is C18H18BrNO2. The highest BCUT2D eigenvalue weighted by Crippen LogP contribution is 2.29. The third-order valence-corrected chi connectivity index (χ3v) is 4.68. The highest BCUT2D eigenvalue weighted by atomic mass is 79.9. The van der Waals surface area contributed by atoms with Crippen molar-refractivity contribution in [2.45, 2.75) is 12.3 Å². The van der Waals surface area contributed by atoms with Crippen LogP contribution in [0.25, 0.3) is 0 Å². The first kappa shape index (κ1) is 15.1. The smallest absolute Gasteiger partial charge is 0.253 e. The van der Waals surface area contributed by atoms with Crippen molar-refractivity contribution in [1.29, 1.82) is 0 Å². The molecule has 3 nitrogen and oxygen atoms in total. The van der Waals surface area contributed by atoms with Gasteiger partial charge in [-0.3, -0.25) is 4.79 Å². The van der Waals surface area contributed by atoms with Crippen LogP contribution >= 0.6 is 15.9 Å². The molecule has 0 aliphatic carbocycles. The summed E-state index contributed by atoms with van der Waals surface area (Å²) < 4.78 is 6.18. The number of nitrogens with zero attached hydrogens (tertiary/aromatic N) is 1. The summed E-state index contributed by atoms with van der Waals surface area (Å²) in [7, 11) is 1.67. The Hall–Kier alpha value is -1.81. The topological polar surface area (TPSA) is 29.5 Å². The molecule has 0 saturated carbocycles. The van der Waals surface area contributed by atoms with Crippen LogP contribution in [-0.4, -0.2) is 31.0 Å². The molecule has 0 spiro atoms. The van der Waals surface area contributed by atoms with Gasteiger partial charge in [-0.25, -0.2) is 0 Å². The number of ether oxygens (including phenoxy) is 1. The van der Waals surface area contributed by atoms with Crippen molar-refractivity contribution in [3.05, 3.63) is 64.1 Å². The van der Waals surface area contributed by atoms with Crippen LogP contribution in [0.4, 0.5) is 0 Å². The van der Waals surface area contributed by atoms with Crippen LogP contribution in [-0.2, 0) is 0 Å². The Kier molecular flexibility index (Phi) is 4.48. The van der Waals surface area contributed by atoms with E-state index in [1.54, 1.807) is 7.11 Å². The van der Waals surface area contributed by atoms with Crippen LogP contribution in [0.2, 0.25) is 0 Å². The van der Waals surface area contributed by atoms with Gasteiger partial charge in [-0.05, 0) is 48.4 Å². The Balaban J connectivity index is 1.68. The summed E-state index contributed by atoms with van der Waals surface area (Å²) in [6.45, 7) is 1.59. The van der Waals surface area contributed by atoms with Crippen LogP contribution in [0.1, 0.15) is 28.3 Å². The second-order valence-electron chi connectivity index (χ2n) is 5.52. The van der Waals surface area contributed by atoms with Crippen LogP contribution in [0, 0.1) is 0 Å².